The summed E-state index contributed by atoms with van der Waals surface area (Å²) in [6.07, 6.45) is 0.809. The topological polar surface area (TPSA) is 386 Å². The summed E-state index contributed by atoms with van der Waals surface area (Å²) in [6, 6.07) is -14.1. The zero-order chi connectivity index (χ0) is 59.6. The Morgan fingerprint density at radius 3 is 1.51 bits per heavy atom. The van der Waals surface area contributed by atoms with Gasteiger partial charge in [-0.1, -0.05) is 108 Å². The fraction of sp³-hybridized carbons (Fsp3) is 0.792. The smallest absolute Gasteiger partial charge is 0.329 e. The lowest BCUT2D eigenvalue weighted by molar-refractivity contribution is -0.157. The maximum absolute atomic E-state index is 14.6. The van der Waals surface area contributed by atoms with E-state index in [1.807, 2.05) is 0 Å². The molecule has 0 aliphatic carbocycles. The van der Waals surface area contributed by atoms with Crippen LogP contribution in [-0.2, 0) is 57.5 Å². The predicted octanol–water partition coefficient (Wildman–Crippen LogP) is -0.294. The van der Waals surface area contributed by atoms with Crippen molar-refractivity contribution in [3.8, 4) is 0 Å². The molecule has 25 heteroatoms. The van der Waals surface area contributed by atoms with Gasteiger partial charge in [-0.05, 0) is 68.6 Å². The van der Waals surface area contributed by atoms with Gasteiger partial charge >= 0.3 is 11.9 Å². The van der Waals surface area contributed by atoms with Crippen LogP contribution in [-0.4, -0.2) is 165 Å². The number of cyclic esters (lactones) is 1. The largest absolute Gasteiger partial charge is 0.481 e. The molecule has 0 aromatic heterocycles. The van der Waals surface area contributed by atoms with E-state index in [2.05, 4.69) is 54.8 Å². The molecule has 1 aliphatic heterocycles. The molecule has 25 nitrogen and oxygen atoms in total. The molecular weight excluding hydrogens is 1020 g/mol. The first-order chi connectivity index (χ1) is 36.4. The summed E-state index contributed by atoms with van der Waals surface area (Å²) in [5.41, 5.74) is 0. The molecule has 1 rings (SSSR count). The van der Waals surface area contributed by atoms with E-state index in [1.165, 1.54) is 20.8 Å². The van der Waals surface area contributed by atoms with E-state index < -0.39 is 170 Å². The number of esters is 1. The third kappa shape index (κ3) is 25.7. The number of unbranched alkanes of at least 4 members (excludes halogenated alkanes) is 4. The van der Waals surface area contributed by atoms with Crippen molar-refractivity contribution in [3.05, 3.63) is 0 Å². The second-order valence-corrected chi connectivity index (χ2v) is 22.3. The van der Waals surface area contributed by atoms with Crippen LogP contribution < -0.4 is 47.9 Å². The summed E-state index contributed by atoms with van der Waals surface area (Å²) >= 11 is 0. The number of aliphatic hydroxyl groups is 3. The van der Waals surface area contributed by atoms with Gasteiger partial charge in [0.15, 0.2) is 0 Å². The molecule has 11 atom stereocenters. The van der Waals surface area contributed by atoms with Crippen LogP contribution in [0.3, 0.4) is 0 Å². The van der Waals surface area contributed by atoms with Gasteiger partial charge < -0.3 is 73.0 Å². The van der Waals surface area contributed by atoms with E-state index >= 15 is 0 Å². The molecule has 13 N–H and O–H groups in total. The van der Waals surface area contributed by atoms with Crippen LogP contribution in [0.25, 0.3) is 0 Å². The molecule has 446 valence electrons. The van der Waals surface area contributed by atoms with Crippen molar-refractivity contribution < 1.29 is 77.9 Å². The molecule has 0 aromatic rings. The Bertz CT molecular complexity index is 2000. The molecule has 9 amide bonds. The second kappa shape index (κ2) is 35.5. The zero-order valence-electron chi connectivity index (χ0n) is 47.8. The van der Waals surface area contributed by atoms with Crippen molar-refractivity contribution in [1.29, 1.82) is 0 Å². The summed E-state index contributed by atoms with van der Waals surface area (Å²) < 4.78 is 5.76. The molecule has 0 aromatic carbocycles. The normalized spacial score (nSPS) is 23.8. The quantitative estimate of drug-likeness (QED) is 0.0391. The first-order valence-corrected chi connectivity index (χ1v) is 27.5. The molecule has 1 aliphatic rings. The highest BCUT2D eigenvalue weighted by Crippen LogP contribution is 2.16. The number of amides is 9. The molecule has 0 spiro atoms. The lowest BCUT2D eigenvalue weighted by Gasteiger charge is -2.32. The van der Waals surface area contributed by atoms with E-state index in [1.54, 1.807) is 55.4 Å². The summed E-state index contributed by atoms with van der Waals surface area (Å²) in [5, 5.41) is 63.3. The molecule has 0 bridgehead atoms. The number of carboxylic acid groups (broad SMARTS) is 1. The minimum Gasteiger partial charge on any atom is -0.481 e. The Labute approximate surface area is 459 Å². The number of carboxylic acids is 1. The summed E-state index contributed by atoms with van der Waals surface area (Å²) in [7, 11) is 0. The number of nitrogens with one attached hydrogen (secondary N) is 9. The first-order valence-electron chi connectivity index (χ1n) is 27.5. The molecule has 0 radical (unpaired) electrons. The van der Waals surface area contributed by atoms with Gasteiger partial charge in [-0.25, -0.2) is 4.79 Å². The van der Waals surface area contributed by atoms with Gasteiger partial charge in [-0.15, -0.1) is 0 Å². The Hall–Kier alpha value is -5.95. The minimum atomic E-state index is -1.95. The van der Waals surface area contributed by atoms with E-state index in [-0.39, 0.29) is 43.4 Å². The van der Waals surface area contributed by atoms with Gasteiger partial charge in [0.1, 0.15) is 60.5 Å². The first kappa shape index (κ1) is 70.1. The number of ether oxygens (including phenoxy) is 1. The SMILES string of the molecule is CCCCCCC[C@H](O)CC(=O)N[C@@H](CC(C)C)C(=O)N[C@H](CCC(=O)O)C(=O)NC1C(=O)NC(C(C)C)C(=O)N[C@@H](CC(C)C)C(=O)N[C@H](CO)C(=O)N[C@@H](CC(C)C)C(=O)N[C@H](CO)C(=O)NC(C(C)C)C(=O)OC1C. The van der Waals surface area contributed by atoms with Gasteiger partial charge in [0.25, 0.3) is 0 Å². The molecular formula is C53H93N9O16. The lowest BCUT2D eigenvalue weighted by Crippen LogP contribution is -2.63. The van der Waals surface area contributed by atoms with Crippen LogP contribution in [0.15, 0.2) is 0 Å². The summed E-state index contributed by atoms with van der Waals surface area (Å²) in [6.45, 7) is 18.0. The second-order valence-electron chi connectivity index (χ2n) is 22.3. The van der Waals surface area contributed by atoms with Gasteiger partial charge in [-0.3, -0.25) is 47.9 Å². The fourth-order valence-corrected chi connectivity index (χ4v) is 8.44. The average molecular weight is 1110 g/mol. The fourth-order valence-electron chi connectivity index (χ4n) is 8.44. The van der Waals surface area contributed by atoms with Crippen LogP contribution in [0, 0.1) is 29.6 Å². The van der Waals surface area contributed by atoms with Crippen molar-refractivity contribution in [2.75, 3.05) is 13.2 Å². The number of aliphatic carboxylic acids is 1. The van der Waals surface area contributed by atoms with Crippen LogP contribution in [0.5, 0.6) is 0 Å². The highest BCUT2D eigenvalue weighted by molar-refractivity contribution is 5.99. The van der Waals surface area contributed by atoms with Crippen LogP contribution in [0.4, 0.5) is 0 Å². The maximum atomic E-state index is 14.6. The summed E-state index contributed by atoms with van der Waals surface area (Å²) in [5.74, 6) is -13.5. The monoisotopic (exact) mass is 1110 g/mol. The van der Waals surface area contributed by atoms with E-state index in [0.29, 0.717) is 12.8 Å². The number of rotatable bonds is 26. The molecule has 78 heavy (non-hydrogen) atoms. The van der Waals surface area contributed by atoms with Gasteiger partial charge in [0.05, 0.1) is 25.7 Å². The van der Waals surface area contributed by atoms with Crippen molar-refractivity contribution in [2.45, 2.75) is 227 Å². The van der Waals surface area contributed by atoms with Crippen LogP contribution in [0.1, 0.15) is 160 Å². The number of carbonyl (C=O) groups is 11. The highest BCUT2D eigenvalue weighted by atomic mass is 16.5. The van der Waals surface area contributed by atoms with Crippen LogP contribution in [0.2, 0.25) is 0 Å². The van der Waals surface area contributed by atoms with E-state index in [9.17, 15) is 73.2 Å². The van der Waals surface area contributed by atoms with Gasteiger partial charge in [0.2, 0.25) is 53.2 Å². The number of hydrogen-bond acceptors (Lipinski definition) is 15. The number of hydrogen-bond donors (Lipinski definition) is 13. The highest BCUT2D eigenvalue weighted by Gasteiger charge is 2.40. The van der Waals surface area contributed by atoms with E-state index in [4.69, 9.17) is 4.74 Å². The average Bonchev–Trinajstić information content (AvgIpc) is 3.33. The van der Waals surface area contributed by atoms with Crippen molar-refractivity contribution in [3.63, 3.8) is 0 Å². The Kier molecular flexibility index (Phi) is 31.9. The van der Waals surface area contributed by atoms with Crippen molar-refractivity contribution >= 4 is 65.1 Å². The standard InChI is InChI=1S/C53H93N9O16/c1-13-14-15-16-17-18-33(65)24-40(66)54-35(21-27(2)3)46(70)55-34(19-20-41(67)68)45(69)62-44-32(12)78-53(77)43(31(10)11)61-50(74)39(26-64)59-47(71)36(22-28(4)5)56-49(73)38(25-63)58-48(72)37(23-29(6)7)57-51(75)42(30(8)9)60-52(44)76/h27-39,42-44,63-65H,13-26H2,1-12H3,(H,54,66)(H,55,70)(H,56,73)(H,57,75)(H,58,72)(H,59,71)(H,60,76)(H,61,74)(H,62,69)(H,67,68)/t32?,33-,34+,35-,36-,37-,38+,39+,42?,43?,44?/m0/s1. The molecule has 4 unspecified atom stereocenters. The maximum Gasteiger partial charge on any atom is 0.329 e. The number of aliphatic hydroxyl groups excluding tert-OH is 3. The number of carbonyl (C=O) groups excluding carboxylic acids is 10. The third-order valence-corrected chi connectivity index (χ3v) is 12.8. The van der Waals surface area contributed by atoms with Crippen molar-refractivity contribution in [2.24, 2.45) is 29.6 Å². The lowest BCUT2D eigenvalue weighted by atomic mass is 9.98. The third-order valence-electron chi connectivity index (χ3n) is 12.8. The minimum absolute atomic E-state index is 0.0109. The molecule has 0 saturated carbocycles. The van der Waals surface area contributed by atoms with Gasteiger partial charge in [-0.2, -0.15) is 0 Å². The van der Waals surface area contributed by atoms with Crippen molar-refractivity contribution in [1.82, 2.24) is 47.9 Å². The Morgan fingerprint density at radius 1 is 0.564 bits per heavy atom. The Balaban J connectivity index is 3.95. The van der Waals surface area contributed by atoms with Crippen LogP contribution >= 0.6 is 0 Å². The molecule has 1 fully saturated rings. The molecule has 1 saturated heterocycles. The Morgan fingerprint density at radius 2 is 1.04 bits per heavy atom. The molecule has 1 heterocycles. The summed E-state index contributed by atoms with van der Waals surface area (Å²) in [4.78, 5) is 151. The zero-order valence-corrected chi connectivity index (χ0v) is 47.8. The van der Waals surface area contributed by atoms with E-state index in [0.717, 1.165) is 25.7 Å². The predicted molar refractivity (Wildman–Crippen MR) is 286 cm³/mol. The van der Waals surface area contributed by atoms with Gasteiger partial charge in [0, 0.05) is 6.42 Å².